The van der Waals surface area contributed by atoms with Crippen LogP contribution in [0.25, 0.3) is 0 Å². The maximum absolute atomic E-state index is 13.3. The fourth-order valence-electron chi connectivity index (χ4n) is 1.53. The Morgan fingerprint density at radius 3 is 2.82 bits per heavy atom. The molecule has 0 unspecified atom stereocenters. The van der Waals surface area contributed by atoms with Gasteiger partial charge in [0.25, 0.3) is 0 Å². The van der Waals surface area contributed by atoms with Gasteiger partial charge in [0.15, 0.2) is 17.4 Å². The summed E-state index contributed by atoms with van der Waals surface area (Å²) in [4.78, 5) is 11.7. The fourth-order valence-corrected chi connectivity index (χ4v) is 1.53. The number of carbonyl (C=O) groups is 1. The fraction of sp³-hybridized carbons (Fsp3) is 0.167. The molecule has 0 radical (unpaired) electrons. The maximum atomic E-state index is 13.3. The molecule has 0 amide bonds. The number of hydrogen-bond acceptors (Lipinski definition) is 2. The topological polar surface area (TPSA) is 34.9 Å². The second-order valence-corrected chi connectivity index (χ2v) is 3.72. The van der Waals surface area contributed by atoms with Gasteiger partial charge in [-0.15, -0.1) is 0 Å². The van der Waals surface area contributed by atoms with Gasteiger partial charge in [-0.2, -0.15) is 5.10 Å². The summed E-state index contributed by atoms with van der Waals surface area (Å²) in [6.07, 6.45) is 2.77. The largest absolute Gasteiger partial charge is 0.294 e. The molecular formula is C12H10F2N2O. The minimum atomic E-state index is -0.968. The summed E-state index contributed by atoms with van der Waals surface area (Å²) in [6.45, 7) is 0. The van der Waals surface area contributed by atoms with Crippen LogP contribution >= 0.6 is 0 Å². The van der Waals surface area contributed by atoms with Gasteiger partial charge in [0, 0.05) is 19.7 Å². The highest BCUT2D eigenvalue weighted by Crippen LogP contribution is 2.14. The number of Topliss-reactive ketones (excluding diaryl/α,β-unsaturated/α-hetero) is 1. The number of carbonyl (C=O) groups excluding carboxylic acids is 1. The Morgan fingerprint density at radius 1 is 1.41 bits per heavy atom. The normalized spacial score (nSPS) is 10.5. The average Bonchev–Trinajstić information content (AvgIpc) is 2.72. The number of aryl methyl sites for hydroxylation is 1. The lowest BCUT2D eigenvalue weighted by atomic mass is 10.1. The molecule has 17 heavy (non-hydrogen) atoms. The van der Waals surface area contributed by atoms with Gasteiger partial charge in [-0.25, -0.2) is 8.78 Å². The number of halogens is 2. The molecule has 0 spiro atoms. The van der Waals surface area contributed by atoms with E-state index in [-0.39, 0.29) is 17.8 Å². The highest BCUT2D eigenvalue weighted by molar-refractivity contribution is 5.97. The van der Waals surface area contributed by atoms with E-state index >= 15 is 0 Å². The summed E-state index contributed by atoms with van der Waals surface area (Å²) < 4.78 is 27.7. The monoisotopic (exact) mass is 236 g/mol. The van der Waals surface area contributed by atoms with Crippen LogP contribution in [0, 0.1) is 11.6 Å². The summed E-state index contributed by atoms with van der Waals surface area (Å²) in [7, 11) is 1.68. The average molecular weight is 236 g/mol. The molecule has 0 saturated heterocycles. The number of aromatic nitrogens is 2. The quantitative estimate of drug-likeness (QED) is 0.765. The summed E-state index contributed by atoms with van der Waals surface area (Å²) in [5.41, 5.74) is 0.440. The molecule has 1 heterocycles. The third kappa shape index (κ3) is 2.38. The van der Waals surface area contributed by atoms with E-state index in [1.165, 1.54) is 23.0 Å². The zero-order chi connectivity index (χ0) is 12.4. The molecule has 0 aliphatic heterocycles. The number of hydrogen-bond donors (Lipinski definition) is 0. The molecule has 3 nitrogen and oxygen atoms in total. The van der Waals surface area contributed by atoms with Crippen LogP contribution in [0.4, 0.5) is 8.78 Å². The van der Waals surface area contributed by atoms with E-state index in [0.717, 1.165) is 6.07 Å². The van der Waals surface area contributed by atoms with Crippen molar-refractivity contribution in [3.05, 3.63) is 53.4 Å². The number of benzene rings is 1. The smallest absolute Gasteiger partial charge is 0.170 e. The van der Waals surface area contributed by atoms with Crippen molar-refractivity contribution in [1.82, 2.24) is 9.78 Å². The van der Waals surface area contributed by atoms with Gasteiger partial charge in [0.05, 0.1) is 11.8 Å². The molecule has 0 saturated carbocycles. The Bertz CT molecular complexity index is 563. The zero-order valence-corrected chi connectivity index (χ0v) is 9.15. The summed E-state index contributed by atoms with van der Waals surface area (Å²) in [5, 5.41) is 3.85. The molecule has 0 N–H and O–H groups in total. The molecule has 1 aromatic carbocycles. The van der Waals surface area contributed by atoms with Crippen molar-refractivity contribution < 1.29 is 13.6 Å². The van der Waals surface area contributed by atoms with Crippen molar-refractivity contribution in [2.45, 2.75) is 6.42 Å². The second-order valence-electron chi connectivity index (χ2n) is 3.72. The highest BCUT2D eigenvalue weighted by atomic mass is 19.2. The van der Waals surface area contributed by atoms with Gasteiger partial charge in [-0.05, 0) is 11.6 Å². The predicted octanol–water partition coefficient (Wildman–Crippen LogP) is 2.12. The Labute approximate surface area is 96.7 Å². The maximum Gasteiger partial charge on any atom is 0.170 e. The molecule has 2 rings (SSSR count). The first kappa shape index (κ1) is 11.4. The molecule has 1 aromatic heterocycles. The van der Waals surface area contributed by atoms with Gasteiger partial charge in [-0.3, -0.25) is 9.48 Å². The summed E-state index contributed by atoms with van der Waals surface area (Å²) in [6, 6.07) is 3.80. The number of nitrogens with zero attached hydrogens (tertiary/aromatic N) is 2. The number of rotatable bonds is 3. The predicted molar refractivity (Wildman–Crippen MR) is 57.6 cm³/mol. The van der Waals surface area contributed by atoms with Crippen LogP contribution in [-0.4, -0.2) is 15.6 Å². The first-order valence-corrected chi connectivity index (χ1v) is 5.02. The van der Waals surface area contributed by atoms with Crippen LogP contribution in [0.2, 0.25) is 0 Å². The van der Waals surface area contributed by atoms with Crippen LogP contribution in [0.5, 0.6) is 0 Å². The summed E-state index contributed by atoms with van der Waals surface area (Å²) >= 11 is 0. The van der Waals surface area contributed by atoms with E-state index in [9.17, 15) is 13.6 Å². The lowest BCUT2D eigenvalue weighted by Gasteiger charge is -2.01. The molecule has 0 fully saturated rings. The van der Waals surface area contributed by atoms with Gasteiger partial charge < -0.3 is 0 Å². The van der Waals surface area contributed by atoms with Crippen molar-refractivity contribution in [2.75, 3.05) is 0 Å². The van der Waals surface area contributed by atoms with Crippen LogP contribution in [-0.2, 0) is 13.5 Å². The molecular weight excluding hydrogens is 226 g/mol. The Kier molecular flexibility index (Phi) is 2.99. The van der Waals surface area contributed by atoms with E-state index < -0.39 is 11.6 Å². The lowest BCUT2D eigenvalue weighted by molar-refractivity contribution is 0.0991. The van der Waals surface area contributed by atoms with Crippen molar-refractivity contribution in [3.8, 4) is 0 Å². The SMILES string of the molecule is Cn1cc(C(=O)Cc2cccc(F)c2F)cn1. The standard InChI is InChI=1S/C12H10F2N2O/c1-16-7-9(6-15-16)11(17)5-8-3-2-4-10(13)12(8)14/h2-4,6-7H,5H2,1H3. The third-order valence-corrected chi connectivity index (χ3v) is 2.41. The molecule has 0 aliphatic carbocycles. The lowest BCUT2D eigenvalue weighted by Crippen LogP contribution is -2.05. The van der Waals surface area contributed by atoms with Crippen molar-refractivity contribution >= 4 is 5.78 Å². The van der Waals surface area contributed by atoms with Crippen molar-refractivity contribution in [1.29, 1.82) is 0 Å². The van der Waals surface area contributed by atoms with E-state index in [1.54, 1.807) is 13.2 Å². The van der Waals surface area contributed by atoms with Crippen molar-refractivity contribution in [2.24, 2.45) is 7.05 Å². The Hall–Kier alpha value is -2.04. The van der Waals surface area contributed by atoms with Crippen LogP contribution in [0.15, 0.2) is 30.6 Å². The third-order valence-electron chi connectivity index (χ3n) is 2.41. The van der Waals surface area contributed by atoms with E-state index in [2.05, 4.69) is 5.10 Å². The van der Waals surface area contributed by atoms with E-state index in [1.807, 2.05) is 0 Å². The van der Waals surface area contributed by atoms with Gasteiger partial charge >= 0.3 is 0 Å². The number of ketones is 1. The minimum Gasteiger partial charge on any atom is -0.294 e. The first-order valence-electron chi connectivity index (χ1n) is 5.02. The summed E-state index contributed by atoms with van der Waals surface area (Å²) in [5.74, 6) is -2.20. The molecule has 0 bridgehead atoms. The molecule has 0 aliphatic rings. The van der Waals surface area contributed by atoms with Gasteiger partial charge in [0.1, 0.15) is 0 Å². The van der Waals surface area contributed by atoms with Crippen molar-refractivity contribution in [3.63, 3.8) is 0 Å². The molecule has 0 atom stereocenters. The first-order chi connectivity index (χ1) is 8.08. The molecule has 2 aromatic rings. The van der Waals surface area contributed by atoms with Crippen LogP contribution < -0.4 is 0 Å². The highest BCUT2D eigenvalue weighted by Gasteiger charge is 2.14. The second kappa shape index (κ2) is 4.45. The van der Waals surface area contributed by atoms with Gasteiger partial charge in [0.2, 0.25) is 0 Å². The zero-order valence-electron chi connectivity index (χ0n) is 9.15. The molecule has 88 valence electrons. The molecule has 5 heteroatoms. The van der Waals surface area contributed by atoms with Gasteiger partial charge in [-0.1, -0.05) is 12.1 Å². The minimum absolute atomic E-state index is 0.0545. The van der Waals surface area contributed by atoms with E-state index in [4.69, 9.17) is 0 Å². The Balaban J connectivity index is 2.21. The Morgan fingerprint density at radius 2 is 2.18 bits per heavy atom. The van der Waals surface area contributed by atoms with Crippen LogP contribution in [0.3, 0.4) is 0 Å². The van der Waals surface area contributed by atoms with Crippen LogP contribution in [0.1, 0.15) is 15.9 Å². The van der Waals surface area contributed by atoms with E-state index in [0.29, 0.717) is 5.56 Å².